The highest BCUT2D eigenvalue weighted by Gasteiger charge is 2.16. The Hall–Kier alpha value is -1.02. The van der Waals surface area contributed by atoms with Gasteiger partial charge in [0.1, 0.15) is 6.07 Å². The lowest BCUT2D eigenvalue weighted by atomic mass is 10.0. The molecule has 14 heavy (non-hydrogen) atoms. The molecule has 0 bridgehead atoms. The zero-order valence-corrected chi connectivity index (χ0v) is 8.98. The van der Waals surface area contributed by atoms with Crippen LogP contribution in [0.1, 0.15) is 28.8 Å². The van der Waals surface area contributed by atoms with Crippen LogP contribution in [0.3, 0.4) is 0 Å². The Kier molecular flexibility index (Phi) is 3.53. The molecule has 0 N–H and O–H groups in total. The molecule has 1 aromatic rings. The lowest BCUT2D eigenvalue weighted by Gasteiger charge is -2.08. The molecule has 0 fully saturated rings. The minimum atomic E-state index is -2.58. The Bertz CT molecular complexity index is 385. The molecule has 0 atom stereocenters. The van der Waals surface area contributed by atoms with Gasteiger partial charge in [0.15, 0.2) is 0 Å². The third-order valence-corrected chi connectivity index (χ3v) is 2.46. The van der Waals surface area contributed by atoms with Crippen molar-refractivity contribution in [2.75, 3.05) is 0 Å². The van der Waals surface area contributed by atoms with Crippen LogP contribution >= 0.6 is 15.9 Å². The number of hydrogen-bond acceptors (Lipinski definition) is 2. The van der Waals surface area contributed by atoms with Crippen LogP contribution in [-0.4, -0.2) is 4.98 Å². The standard InChI is InChI=1S/C9H7BrF2N2/c1-5-6(3-13)8(2-10)14-4-7(5)9(11)12/h4,9H,2H2,1H3. The van der Waals surface area contributed by atoms with E-state index in [0.29, 0.717) is 16.6 Å². The predicted molar refractivity (Wildman–Crippen MR) is 51.3 cm³/mol. The molecule has 1 aromatic heterocycles. The van der Waals surface area contributed by atoms with Crippen molar-refractivity contribution < 1.29 is 8.78 Å². The van der Waals surface area contributed by atoms with Gasteiger partial charge in [-0.1, -0.05) is 15.9 Å². The highest BCUT2D eigenvalue weighted by molar-refractivity contribution is 9.08. The topological polar surface area (TPSA) is 36.7 Å². The summed E-state index contributed by atoms with van der Waals surface area (Å²) in [6.07, 6.45) is -1.46. The van der Waals surface area contributed by atoms with E-state index in [1.807, 2.05) is 6.07 Å². The smallest absolute Gasteiger partial charge is 0.259 e. The van der Waals surface area contributed by atoms with Gasteiger partial charge >= 0.3 is 0 Å². The van der Waals surface area contributed by atoms with Crippen molar-refractivity contribution in [3.05, 3.63) is 28.6 Å². The van der Waals surface area contributed by atoms with Crippen LogP contribution in [-0.2, 0) is 5.33 Å². The first kappa shape index (κ1) is 11.1. The Labute approximate surface area is 88.7 Å². The van der Waals surface area contributed by atoms with Gasteiger partial charge in [-0.25, -0.2) is 8.78 Å². The Morgan fingerprint density at radius 1 is 1.64 bits per heavy atom. The first-order valence-corrected chi connectivity index (χ1v) is 4.96. The van der Waals surface area contributed by atoms with E-state index in [2.05, 4.69) is 20.9 Å². The number of nitrogens with zero attached hydrogens (tertiary/aromatic N) is 2. The maximum atomic E-state index is 12.4. The van der Waals surface area contributed by atoms with Gasteiger partial charge in [0, 0.05) is 17.1 Å². The first-order chi connectivity index (χ1) is 6.61. The zero-order chi connectivity index (χ0) is 10.7. The highest BCUT2D eigenvalue weighted by Crippen LogP contribution is 2.25. The molecule has 2 nitrogen and oxygen atoms in total. The summed E-state index contributed by atoms with van der Waals surface area (Å²) in [5.74, 6) is 0. The van der Waals surface area contributed by atoms with Crippen molar-refractivity contribution in [3.8, 4) is 6.07 Å². The quantitative estimate of drug-likeness (QED) is 0.767. The molecule has 5 heteroatoms. The van der Waals surface area contributed by atoms with Gasteiger partial charge in [-0.15, -0.1) is 0 Å². The predicted octanol–water partition coefficient (Wildman–Crippen LogP) is 3.09. The molecule has 0 aromatic carbocycles. The Morgan fingerprint density at radius 2 is 2.29 bits per heavy atom. The van der Waals surface area contributed by atoms with Crippen molar-refractivity contribution in [2.45, 2.75) is 18.7 Å². The van der Waals surface area contributed by atoms with Crippen LogP contribution in [0.5, 0.6) is 0 Å². The minimum Gasteiger partial charge on any atom is -0.259 e. The molecule has 1 heterocycles. The minimum absolute atomic E-state index is 0.175. The highest BCUT2D eigenvalue weighted by atomic mass is 79.9. The summed E-state index contributed by atoms with van der Waals surface area (Å²) in [5, 5.41) is 9.17. The van der Waals surface area contributed by atoms with Gasteiger partial charge in [0.2, 0.25) is 0 Å². The molecule has 0 aliphatic carbocycles. The molecule has 0 radical (unpaired) electrons. The van der Waals surface area contributed by atoms with E-state index >= 15 is 0 Å². The summed E-state index contributed by atoms with van der Waals surface area (Å²) < 4.78 is 24.8. The van der Waals surface area contributed by atoms with Crippen LogP contribution in [0.25, 0.3) is 0 Å². The second kappa shape index (κ2) is 4.47. The van der Waals surface area contributed by atoms with Crippen molar-refractivity contribution in [3.63, 3.8) is 0 Å². The van der Waals surface area contributed by atoms with Crippen molar-refractivity contribution in [1.82, 2.24) is 4.98 Å². The molecule has 0 aliphatic rings. The number of aromatic nitrogens is 1. The van der Waals surface area contributed by atoms with Gasteiger partial charge in [0.25, 0.3) is 6.43 Å². The molecule has 0 saturated carbocycles. The van der Waals surface area contributed by atoms with Crippen LogP contribution in [0.2, 0.25) is 0 Å². The largest absolute Gasteiger partial charge is 0.265 e. The molecular weight excluding hydrogens is 254 g/mol. The fourth-order valence-electron chi connectivity index (χ4n) is 1.14. The second-order valence-corrected chi connectivity index (χ2v) is 3.27. The van der Waals surface area contributed by atoms with Crippen LogP contribution in [0, 0.1) is 18.3 Å². The Morgan fingerprint density at radius 3 is 2.71 bits per heavy atom. The molecule has 0 amide bonds. The third kappa shape index (κ3) is 1.90. The van der Waals surface area contributed by atoms with Crippen LogP contribution in [0.15, 0.2) is 6.20 Å². The molecule has 74 valence electrons. The lowest BCUT2D eigenvalue weighted by molar-refractivity contribution is 0.150. The van der Waals surface area contributed by atoms with Crippen molar-refractivity contribution in [2.24, 2.45) is 0 Å². The maximum absolute atomic E-state index is 12.4. The summed E-state index contributed by atoms with van der Waals surface area (Å²) in [4.78, 5) is 3.80. The first-order valence-electron chi connectivity index (χ1n) is 3.84. The van der Waals surface area contributed by atoms with E-state index in [1.165, 1.54) is 6.92 Å². The lowest BCUT2D eigenvalue weighted by Crippen LogP contribution is -2.00. The number of nitriles is 1. The van der Waals surface area contributed by atoms with Gasteiger partial charge in [-0.3, -0.25) is 4.98 Å². The molecule has 0 saturated heterocycles. The summed E-state index contributed by atoms with van der Waals surface area (Å²) in [7, 11) is 0. The summed E-state index contributed by atoms with van der Waals surface area (Å²) >= 11 is 3.14. The van der Waals surface area contributed by atoms with Gasteiger partial charge in [-0.05, 0) is 12.5 Å². The Balaban J connectivity index is 3.37. The van der Waals surface area contributed by atoms with Crippen molar-refractivity contribution >= 4 is 15.9 Å². The third-order valence-electron chi connectivity index (χ3n) is 1.93. The normalized spacial score (nSPS) is 10.3. The van der Waals surface area contributed by atoms with Gasteiger partial charge < -0.3 is 0 Å². The number of hydrogen-bond donors (Lipinski definition) is 0. The SMILES string of the molecule is Cc1c(C(F)F)cnc(CBr)c1C#N. The molecule has 0 aliphatic heterocycles. The average molecular weight is 261 g/mol. The molecule has 0 unspecified atom stereocenters. The van der Waals surface area contributed by atoms with E-state index < -0.39 is 6.43 Å². The summed E-state index contributed by atoms with van der Waals surface area (Å²) in [6.45, 7) is 1.51. The van der Waals surface area contributed by atoms with E-state index in [4.69, 9.17) is 5.26 Å². The van der Waals surface area contributed by atoms with Gasteiger partial charge in [-0.2, -0.15) is 5.26 Å². The van der Waals surface area contributed by atoms with E-state index in [9.17, 15) is 8.78 Å². The molecule has 0 spiro atoms. The fraction of sp³-hybridized carbons (Fsp3) is 0.333. The second-order valence-electron chi connectivity index (χ2n) is 2.71. The molecular formula is C9H7BrF2N2. The number of pyridine rings is 1. The average Bonchev–Trinajstić information content (AvgIpc) is 2.16. The zero-order valence-electron chi connectivity index (χ0n) is 7.39. The number of alkyl halides is 3. The van der Waals surface area contributed by atoms with Crippen molar-refractivity contribution in [1.29, 1.82) is 5.26 Å². The maximum Gasteiger partial charge on any atom is 0.265 e. The summed E-state index contributed by atoms with van der Waals surface area (Å²) in [5.41, 5.74) is 0.868. The monoisotopic (exact) mass is 260 g/mol. The fourth-order valence-corrected chi connectivity index (χ4v) is 1.56. The van der Waals surface area contributed by atoms with Crippen LogP contribution < -0.4 is 0 Å². The van der Waals surface area contributed by atoms with E-state index in [-0.39, 0.29) is 11.1 Å². The van der Waals surface area contributed by atoms with Crippen LogP contribution in [0.4, 0.5) is 8.78 Å². The summed E-state index contributed by atoms with van der Waals surface area (Å²) in [6, 6.07) is 1.88. The molecule has 1 rings (SSSR count). The number of rotatable bonds is 2. The van der Waals surface area contributed by atoms with E-state index in [1.54, 1.807) is 0 Å². The number of halogens is 3. The van der Waals surface area contributed by atoms with Gasteiger partial charge in [0.05, 0.1) is 11.3 Å². The van der Waals surface area contributed by atoms with E-state index in [0.717, 1.165) is 6.20 Å².